The second kappa shape index (κ2) is 9.18. The van der Waals surface area contributed by atoms with Crippen LogP contribution in [0.2, 0.25) is 0 Å². The van der Waals surface area contributed by atoms with Crippen molar-refractivity contribution in [2.75, 3.05) is 64.3 Å². The van der Waals surface area contributed by atoms with Crippen LogP contribution in [0.25, 0.3) is 26.1 Å². The summed E-state index contributed by atoms with van der Waals surface area (Å²) < 4.78 is 2.97. The third kappa shape index (κ3) is 4.05. The molecule has 0 unspecified atom stereocenters. The van der Waals surface area contributed by atoms with E-state index < -0.39 is 0 Å². The van der Waals surface area contributed by atoms with Crippen LogP contribution in [-0.4, -0.2) is 89.5 Å². The van der Waals surface area contributed by atoms with Crippen molar-refractivity contribution in [3.8, 4) is 0 Å². The molecule has 35 heavy (non-hydrogen) atoms. The zero-order valence-corrected chi connectivity index (χ0v) is 20.7. The first-order chi connectivity index (χ1) is 17.1. The number of pyridine rings is 1. The van der Waals surface area contributed by atoms with Crippen molar-refractivity contribution in [2.45, 2.75) is 12.8 Å². The number of aromatic nitrogens is 3. The van der Waals surface area contributed by atoms with Crippen LogP contribution in [0.4, 0.5) is 5.95 Å². The quantitative estimate of drug-likeness (QED) is 0.457. The molecule has 2 fully saturated rings. The maximum absolute atomic E-state index is 13.6. The molecule has 0 saturated carbocycles. The lowest BCUT2D eigenvalue weighted by Crippen LogP contribution is -2.45. The molecule has 182 valence electrons. The Morgan fingerprint density at radius 3 is 2.66 bits per heavy atom. The standard InChI is InChI=1S/C25H29N7O2S/c1-29-12-14-31(15-13-29)25-27-16-17-21(33)20(23(34)26-8-11-30-9-4-5-10-30)24-32(22(17)28-25)18-6-2-3-7-19(18)35-24/h2-3,6-7,16H,4-5,8-15H2,1H3,(H,26,34). The normalized spacial score (nSPS) is 17.7. The molecule has 2 saturated heterocycles. The lowest BCUT2D eigenvalue weighted by molar-refractivity contribution is 0.0950. The highest BCUT2D eigenvalue weighted by Gasteiger charge is 2.24. The number of likely N-dealkylation sites (N-methyl/N-ethyl adjacent to an activating group) is 1. The first-order valence-electron chi connectivity index (χ1n) is 12.3. The van der Waals surface area contributed by atoms with Gasteiger partial charge in [0.1, 0.15) is 10.4 Å². The number of hydrogen-bond acceptors (Lipinski definition) is 8. The van der Waals surface area contributed by atoms with Crippen LogP contribution in [0.1, 0.15) is 23.2 Å². The van der Waals surface area contributed by atoms with Gasteiger partial charge in [-0.05, 0) is 45.1 Å². The summed E-state index contributed by atoms with van der Waals surface area (Å²) in [6, 6.07) is 7.96. The van der Waals surface area contributed by atoms with Gasteiger partial charge in [-0.15, -0.1) is 11.3 Å². The fraction of sp³-hybridized carbons (Fsp3) is 0.440. The first kappa shape index (κ1) is 22.4. The zero-order valence-electron chi connectivity index (χ0n) is 19.9. The monoisotopic (exact) mass is 491 g/mol. The summed E-state index contributed by atoms with van der Waals surface area (Å²) in [5, 5.41) is 3.36. The second-order valence-corrected chi connectivity index (χ2v) is 10.4. The van der Waals surface area contributed by atoms with E-state index in [1.807, 2.05) is 28.7 Å². The Labute approximate surface area is 207 Å². The van der Waals surface area contributed by atoms with E-state index in [4.69, 9.17) is 4.98 Å². The molecule has 0 spiro atoms. The number of carbonyl (C=O) groups is 1. The Kier molecular flexibility index (Phi) is 5.87. The topological polar surface area (TPSA) is 86.1 Å². The Morgan fingerprint density at radius 1 is 1.09 bits per heavy atom. The number of fused-ring (bicyclic) bond motifs is 5. The lowest BCUT2D eigenvalue weighted by atomic mass is 10.2. The molecule has 3 aromatic heterocycles. The lowest BCUT2D eigenvalue weighted by Gasteiger charge is -2.32. The zero-order chi connectivity index (χ0) is 23.9. The summed E-state index contributed by atoms with van der Waals surface area (Å²) in [5.74, 6) is 0.292. The van der Waals surface area contributed by atoms with Crippen molar-refractivity contribution in [2.24, 2.45) is 0 Å². The number of benzene rings is 1. The van der Waals surface area contributed by atoms with Gasteiger partial charge < -0.3 is 20.0 Å². The van der Waals surface area contributed by atoms with E-state index >= 15 is 0 Å². The summed E-state index contributed by atoms with van der Waals surface area (Å²) >= 11 is 1.46. The summed E-state index contributed by atoms with van der Waals surface area (Å²) in [7, 11) is 2.11. The number of carbonyl (C=O) groups excluding carboxylic acids is 1. The van der Waals surface area contributed by atoms with Crippen LogP contribution in [0.3, 0.4) is 0 Å². The first-order valence-corrected chi connectivity index (χ1v) is 13.1. The minimum Gasteiger partial charge on any atom is -0.351 e. The van der Waals surface area contributed by atoms with E-state index in [0.717, 1.165) is 56.0 Å². The minimum atomic E-state index is -0.330. The highest BCUT2D eigenvalue weighted by atomic mass is 32.1. The molecular formula is C25H29N7O2S. The van der Waals surface area contributed by atoms with Gasteiger partial charge in [0, 0.05) is 45.5 Å². The van der Waals surface area contributed by atoms with E-state index in [9.17, 15) is 9.59 Å². The molecule has 0 atom stereocenters. The molecule has 1 N–H and O–H groups in total. The predicted octanol–water partition coefficient (Wildman–Crippen LogP) is 2.03. The van der Waals surface area contributed by atoms with Crippen LogP contribution < -0.4 is 15.6 Å². The van der Waals surface area contributed by atoms with Crippen LogP contribution in [0.5, 0.6) is 0 Å². The molecule has 5 heterocycles. The van der Waals surface area contributed by atoms with Gasteiger partial charge in [0.2, 0.25) is 11.4 Å². The smallest absolute Gasteiger partial charge is 0.258 e. The number of hydrogen-bond donors (Lipinski definition) is 1. The maximum Gasteiger partial charge on any atom is 0.258 e. The number of anilines is 1. The van der Waals surface area contributed by atoms with Gasteiger partial charge in [0.05, 0.1) is 15.6 Å². The molecule has 0 radical (unpaired) electrons. The molecule has 10 heteroatoms. The fourth-order valence-electron chi connectivity index (χ4n) is 5.07. The third-order valence-corrected chi connectivity index (χ3v) is 8.24. The SMILES string of the molecule is CN1CCN(c2ncc3c(=O)c(C(=O)NCCN4CCCC4)c4sc5ccccc5n4c3n2)CC1. The molecule has 0 aliphatic carbocycles. The number of nitrogens with one attached hydrogen (secondary N) is 1. The van der Waals surface area contributed by atoms with Crippen molar-refractivity contribution in [3.05, 3.63) is 46.2 Å². The summed E-state index contributed by atoms with van der Waals surface area (Å²) in [6.45, 7) is 7.01. The number of nitrogens with zero attached hydrogens (tertiary/aromatic N) is 6. The van der Waals surface area contributed by atoms with Crippen molar-refractivity contribution >= 4 is 49.3 Å². The Bertz CT molecular complexity index is 1470. The number of thiazole rings is 1. The number of piperazine rings is 1. The van der Waals surface area contributed by atoms with Crippen LogP contribution in [0.15, 0.2) is 35.3 Å². The van der Waals surface area contributed by atoms with Crippen molar-refractivity contribution < 1.29 is 4.79 Å². The highest BCUT2D eigenvalue weighted by molar-refractivity contribution is 7.24. The van der Waals surface area contributed by atoms with Crippen molar-refractivity contribution in [1.29, 1.82) is 0 Å². The van der Waals surface area contributed by atoms with E-state index in [0.29, 0.717) is 28.4 Å². The maximum atomic E-state index is 13.6. The van der Waals surface area contributed by atoms with Gasteiger partial charge in [-0.25, -0.2) is 4.98 Å². The van der Waals surface area contributed by atoms with Crippen LogP contribution in [0, 0.1) is 0 Å². The molecule has 0 bridgehead atoms. The molecule has 9 nitrogen and oxygen atoms in total. The van der Waals surface area contributed by atoms with Gasteiger partial charge in [-0.3, -0.25) is 14.0 Å². The van der Waals surface area contributed by atoms with Gasteiger partial charge in [-0.1, -0.05) is 12.1 Å². The van der Waals surface area contributed by atoms with Gasteiger partial charge in [-0.2, -0.15) is 4.98 Å². The molecule has 6 rings (SSSR count). The van der Waals surface area contributed by atoms with Crippen molar-refractivity contribution in [3.63, 3.8) is 0 Å². The minimum absolute atomic E-state index is 0.177. The van der Waals surface area contributed by atoms with Gasteiger partial charge in [0.25, 0.3) is 5.91 Å². The number of likely N-dealkylation sites (tertiary alicyclic amines) is 1. The number of amides is 1. The van der Waals surface area contributed by atoms with E-state index in [2.05, 4.69) is 32.0 Å². The van der Waals surface area contributed by atoms with E-state index in [1.165, 1.54) is 24.2 Å². The average Bonchev–Trinajstić information content (AvgIpc) is 3.52. The van der Waals surface area contributed by atoms with Crippen molar-refractivity contribution in [1.82, 2.24) is 29.5 Å². The van der Waals surface area contributed by atoms with E-state index in [-0.39, 0.29) is 16.9 Å². The molecular weight excluding hydrogens is 462 g/mol. The predicted molar refractivity (Wildman–Crippen MR) is 140 cm³/mol. The van der Waals surface area contributed by atoms with Crippen LogP contribution in [-0.2, 0) is 0 Å². The number of para-hydroxylation sites is 1. The molecule has 1 amide bonds. The largest absolute Gasteiger partial charge is 0.351 e. The number of rotatable bonds is 5. The Hall–Kier alpha value is -3.08. The van der Waals surface area contributed by atoms with Crippen LogP contribution >= 0.6 is 11.3 Å². The molecule has 1 aromatic carbocycles. The molecule has 4 aromatic rings. The molecule has 2 aliphatic rings. The Morgan fingerprint density at radius 2 is 1.86 bits per heavy atom. The van der Waals surface area contributed by atoms with E-state index in [1.54, 1.807) is 6.20 Å². The van der Waals surface area contributed by atoms with Gasteiger partial charge in [0.15, 0.2) is 5.65 Å². The summed E-state index contributed by atoms with van der Waals surface area (Å²) in [4.78, 5) is 43.8. The Balaban J connectivity index is 1.45. The van der Waals surface area contributed by atoms with Gasteiger partial charge >= 0.3 is 0 Å². The second-order valence-electron chi connectivity index (χ2n) is 9.42. The third-order valence-electron chi connectivity index (χ3n) is 7.09. The fourth-order valence-corrected chi connectivity index (χ4v) is 6.25. The summed E-state index contributed by atoms with van der Waals surface area (Å²) in [5.41, 5.74) is 1.36. The highest BCUT2D eigenvalue weighted by Crippen LogP contribution is 2.31. The summed E-state index contributed by atoms with van der Waals surface area (Å²) in [6.07, 6.45) is 4.01. The average molecular weight is 492 g/mol. The molecule has 2 aliphatic heterocycles.